The molecular weight excluding hydrogens is 352 g/mol. The maximum absolute atomic E-state index is 13.0. The Hall–Kier alpha value is -1.44. The molecule has 0 aromatic heterocycles. The molecule has 1 atom stereocenters. The summed E-state index contributed by atoms with van der Waals surface area (Å²) in [7, 11) is -3.62. The number of carbonyl (C=O) groups is 1. The van der Waals surface area contributed by atoms with Crippen LogP contribution in [0, 0.1) is 6.92 Å². The van der Waals surface area contributed by atoms with E-state index < -0.39 is 10.0 Å². The number of hydrogen-bond acceptors (Lipinski definition) is 4. The molecule has 3 rings (SSSR count). The Morgan fingerprint density at radius 1 is 1.19 bits per heavy atom. The van der Waals surface area contributed by atoms with Gasteiger partial charge in [0.1, 0.15) is 0 Å². The second-order valence-electron chi connectivity index (χ2n) is 7.05. The van der Waals surface area contributed by atoms with Crippen molar-refractivity contribution in [2.75, 3.05) is 32.8 Å². The molecule has 1 amide bonds. The number of rotatable bonds is 4. The summed E-state index contributed by atoms with van der Waals surface area (Å²) in [4.78, 5) is 15.2. The number of benzene rings is 1. The monoisotopic (exact) mass is 380 g/mol. The maximum Gasteiger partial charge on any atom is 0.254 e. The van der Waals surface area contributed by atoms with Crippen LogP contribution in [-0.4, -0.2) is 62.4 Å². The van der Waals surface area contributed by atoms with E-state index in [-0.39, 0.29) is 16.8 Å². The summed E-state index contributed by atoms with van der Waals surface area (Å²) >= 11 is 0. The maximum atomic E-state index is 13.0. The SMILES string of the molecule is CCC1CCCCN1C(=O)c1ccc(C)c(S(=O)(=O)N2CCOCC2)c1. The topological polar surface area (TPSA) is 66.9 Å². The molecule has 0 spiro atoms. The molecule has 1 unspecified atom stereocenters. The first-order valence-corrected chi connectivity index (χ1v) is 10.9. The lowest BCUT2D eigenvalue weighted by atomic mass is 9.98. The fourth-order valence-corrected chi connectivity index (χ4v) is 5.45. The lowest BCUT2D eigenvalue weighted by Crippen LogP contribution is -2.43. The number of piperidine rings is 1. The zero-order valence-electron chi connectivity index (χ0n) is 15.6. The third-order valence-corrected chi connectivity index (χ3v) is 7.42. The fourth-order valence-electron chi connectivity index (χ4n) is 3.80. The predicted molar refractivity (Wildman–Crippen MR) is 99.7 cm³/mol. The highest BCUT2D eigenvalue weighted by atomic mass is 32.2. The second-order valence-corrected chi connectivity index (χ2v) is 8.96. The molecule has 6 nitrogen and oxygen atoms in total. The number of morpholine rings is 1. The molecule has 2 aliphatic heterocycles. The van der Waals surface area contributed by atoms with Crippen LogP contribution < -0.4 is 0 Å². The highest BCUT2D eigenvalue weighted by Gasteiger charge is 2.30. The van der Waals surface area contributed by atoms with Gasteiger partial charge in [0, 0.05) is 31.2 Å². The molecule has 0 saturated carbocycles. The molecule has 144 valence electrons. The van der Waals surface area contributed by atoms with Crippen LogP contribution >= 0.6 is 0 Å². The van der Waals surface area contributed by atoms with Crippen molar-refractivity contribution in [2.45, 2.75) is 50.5 Å². The van der Waals surface area contributed by atoms with E-state index in [4.69, 9.17) is 4.74 Å². The summed E-state index contributed by atoms with van der Waals surface area (Å²) in [5, 5.41) is 0. The average molecular weight is 381 g/mol. The molecule has 2 saturated heterocycles. The summed E-state index contributed by atoms with van der Waals surface area (Å²) < 4.78 is 32.8. The Kier molecular flexibility index (Phi) is 5.99. The Morgan fingerprint density at radius 2 is 1.92 bits per heavy atom. The fraction of sp³-hybridized carbons (Fsp3) is 0.632. The van der Waals surface area contributed by atoms with E-state index in [2.05, 4.69) is 6.92 Å². The predicted octanol–water partition coefficient (Wildman–Crippen LogP) is 2.42. The molecular formula is C19H28N2O4S. The van der Waals surface area contributed by atoms with Gasteiger partial charge >= 0.3 is 0 Å². The van der Waals surface area contributed by atoms with E-state index in [1.54, 1.807) is 25.1 Å². The van der Waals surface area contributed by atoms with Crippen LogP contribution in [0.5, 0.6) is 0 Å². The lowest BCUT2D eigenvalue weighted by molar-refractivity contribution is 0.0607. The standard InChI is InChI=1S/C19H28N2O4S/c1-3-17-6-4-5-9-21(17)19(22)16-8-7-15(2)18(14-16)26(23,24)20-10-12-25-13-11-20/h7-8,14,17H,3-6,9-13H2,1-2H3. The van der Waals surface area contributed by atoms with Gasteiger partial charge in [0.15, 0.2) is 0 Å². The molecule has 1 aromatic rings. The smallest absolute Gasteiger partial charge is 0.254 e. The number of ether oxygens (including phenoxy) is 1. The van der Waals surface area contributed by atoms with E-state index in [0.29, 0.717) is 37.4 Å². The van der Waals surface area contributed by atoms with Crippen LogP contribution in [0.4, 0.5) is 0 Å². The van der Waals surface area contributed by atoms with Gasteiger partial charge in [0.2, 0.25) is 10.0 Å². The Labute approximate surface area is 156 Å². The molecule has 0 aliphatic carbocycles. The quantitative estimate of drug-likeness (QED) is 0.805. The molecule has 0 bridgehead atoms. The van der Waals surface area contributed by atoms with Crippen molar-refractivity contribution in [3.05, 3.63) is 29.3 Å². The number of nitrogens with zero attached hydrogens (tertiary/aromatic N) is 2. The first-order chi connectivity index (χ1) is 12.4. The number of hydrogen-bond donors (Lipinski definition) is 0. The summed E-state index contributed by atoms with van der Waals surface area (Å²) in [6, 6.07) is 5.30. The first-order valence-electron chi connectivity index (χ1n) is 9.44. The molecule has 2 aliphatic rings. The number of likely N-dealkylation sites (tertiary alicyclic amines) is 1. The molecule has 2 heterocycles. The van der Waals surface area contributed by atoms with Gasteiger partial charge in [-0.3, -0.25) is 4.79 Å². The van der Waals surface area contributed by atoms with Gasteiger partial charge in [-0.25, -0.2) is 8.42 Å². The summed E-state index contributed by atoms with van der Waals surface area (Å²) in [5.41, 5.74) is 1.13. The zero-order valence-corrected chi connectivity index (χ0v) is 16.4. The third kappa shape index (κ3) is 3.80. The minimum atomic E-state index is -3.62. The molecule has 1 aromatic carbocycles. The minimum Gasteiger partial charge on any atom is -0.379 e. The van der Waals surface area contributed by atoms with Crippen LogP contribution in [-0.2, 0) is 14.8 Å². The highest BCUT2D eigenvalue weighted by Crippen LogP contribution is 2.26. The highest BCUT2D eigenvalue weighted by molar-refractivity contribution is 7.89. The number of aryl methyl sites for hydroxylation is 1. The van der Waals surface area contributed by atoms with E-state index in [1.807, 2.05) is 4.90 Å². The Balaban J connectivity index is 1.91. The van der Waals surface area contributed by atoms with Gasteiger partial charge in [-0.05, 0) is 50.3 Å². The van der Waals surface area contributed by atoms with E-state index in [1.165, 1.54) is 4.31 Å². The summed E-state index contributed by atoms with van der Waals surface area (Å²) in [5.74, 6) is -0.0602. The molecule has 7 heteroatoms. The van der Waals surface area contributed by atoms with Crippen molar-refractivity contribution in [1.29, 1.82) is 0 Å². The van der Waals surface area contributed by atoms with E-state index in [9.17, 15) is 13.2 Å². The van der Waals surface area contributed by atoms with Crippen molar-refractivity contribution in [1.82, 2.24) is 9.21 Å². The van der Waals surface area contributed by atoms with E-state index >= 15 is 0 Å². The minimum absolute atomic E-state index is 0.0602. The molecule has 0 N–H and O–H groups in total. The van der Waals surface area contributed by atoms with E-state index in [0.717, 1.165) is 32.2 Å². The van der Waals surface area contributed by atoms with Crippen molar-refractivity contribution in [2.24, 2.45) is 0 Å². The second kappa shape index (κ2) is 8.06. The van der Waals surface area contributed by atoms with Gasteiger partial charge in [-0.2, -0.15) is 4.31 Å². The van der Waals surface area contributed by atoms with Gasteiger partial charge in [0.05, 0.1) is 18.1 Å². The molecule has 2 fully saturated rings. The van der Waals surface area contributed by atoms with Gasteiger partial charge in [-0.1, -0.05) is 13.0 Å². The number of sulfonamides is 1. The zero-order chi connectivity index (χ0) is 18.7. The molecule has 0 radical (unpaired) electrons. The van der Waals surface area contributed by atoms with Crippen molar-refractivity contribution >= 4 is 15.9 Å². The summed E-state index contributed by atoms with van der Waals surface area (Å²) in [6.45, 7) is 6.13. The first kappa shape index (κ1) is 19.3. The van der Waals surface area contributed by atoms with Crippen LogP contribution in [0.25, 0.3) is 0 Å². The Morgan fingerprint density at radius 3 is 2.62 bits per heavy atom. The molecule has 26 heavy (non-hydrogen) atoms. The summed E-state index contributed by atoms with van der Waals surface area (Å²) in [6.07, 6.45) is 4.10. The average Bonchev–Trinajstić information content (AvgIpc) is 2.68. The normalized spacial score (nSPS) is 22.4. The lowest BCUT2D eigenvalue weighted by Gasteiger charge is -2.35. The van der Waals surface area contributed by atoms with Crippen LogP contribution in [0.1, 0.15) is 48.5 Å². The van der Waals surface area contributed by atoms with Gasteiger partial charge in [0.25, 0.3) is 5.91 Å². The van der Waals surface area contributed by atoms with Gasteiger partial charge < -0.3 is 9.64 Å². The van der Waals surface area contributed by atoms with Crippen molar-refractivity contribution in [3.63, 3.8) is 0 Å². The van der Waals surface area contributed by atoms with Gasteiger partial charge in [-0.15, -0.1) is 0 Å². The van der Waals surface area contributed by atoms with Crippen molar-refractivity contribution < 1.29 is 17.9 Å². The largest absolute Gasteiger partial charge is 0.379 e. The van der Waals surface area contributed by atoms with Crippen LogP contribution in [0.2, 0.25) is 0 Å². The van der Waals surface area contributed by atoms with Crippen LogP contribution in [0.15, 0.2) is 23.1 Å². The number of carbonyl (C=O) groups excluding carboxylic acids is 1. The third-order valence-electron chi connectivity index (χ3n) is 5.38. The van der Waals surface area contributed by atoms with Crippen molar-refractivity contribution in [3.8, 4) is 0 Å². The number of amides is 1. The Bertz CT molecular complexity index is 757. The van der Waals surface area contributed by atoms with Crippen LogP contribution in [0.3, 0.4) is 0 Å².